The Kier molecular flexibility index (Phi) is 2.64. The van der Waals surface area contributed by atoms with E-state index in [4.69, 9.17) is 4.42 Å². The highest BCUT2D eigenvalue weighted by Gasteiger charge is 2.31. The van der Waals surface area contributed by atoms with Gasteiger partial charge in [-0.3, -0.25) is 0 Å². The second-order valence-corrected chi connectivity index (χ2v) is 4.36. The van der Waals surface area contributed by atoms with Gasteiger partial charge in [0, 0.05) is 24.4 Å². The van der Waals surface area contributed by atoms with Crippen LogP contribution < -0.4 is 5.32 Å². The van der Waals surface area contributed by atoms with Crippen molar-refractivity contribution in [2.45, 2.75) is 51.6 Å². The molecule has 1 saturated heterocycles. The smallest absolute Gasteiger partial charge is 0.108 e. The minimum atomic E-state index is 0.542. The van der Waals surface area contributed by atoms with Gasteiger partial charge in [-0.25, -0.2) is 0 Å². The first-order valence-electron chi connectivity index (χ1n) is 5.55. The topological polar surface area (TPSA) is 25.2 Å². The molecule has 0 spiro atoms. The van der Waals surface area contributed by atoms with Crippen LogP contribution in [-0.2, 0) is 6.42 Å². The molecule has 0 radical (unpaired) electrons. The summed E-state index contributed by atoms with van der Waals surface area (Å²) in [5, 5.41) is 3.53. The SMILES string of the molecule is CCc1ccc(C2CC(C)NC2C)o1. The van der Waals surface area contributed by atoms with Crippen molar-refractivity contribution in [1.29, 1.82) is 0 Å². The molecule has 3 atom stereocenters. The molecule has 1 aliphatic heterocycles. The Morgan fingerprint density at radius 2 is 2.21 bits per heavy atom. The van der Waals surface area contributed by atoms with Gasteiger partial charge < -0.3 is 9.73 Å². The fourth-order valence-corrected chi connectivity index (χ4v) is 2.36. The molecule has 0 bridgehead atoms. The number of aryl methyl sites for hydroxylation is 1. The van der Waals surface area contributed by atoms with Crippen molar-refractivity contribution in [3.63, 3.8) is 0 Å². The van der Waals surface area contributed by atoms with Crippen LogP contribution in [0.25, 0.3) is 0 Å². The Morgan fingerprint density at radius 3 is 2.71 bits per heavy atom. The number of nitrogens with one attached hydrogen (secondary N) is 1. The third-order valence-electron chi connectivity index (χ3n) is 3.15. The van der Waals surface area contributed by atoms with Crippen molar-refractivity contribution in [2.75, 3.05) is 0 Å². The monoisotopic (exact) mass is 193 g/mol. The highest BCUT2D eigenvalue weighted by atomic mass is 16.3. The molecule has 78 valence electrons. The molecule has 0 amide bonds. The quantitative estimate of drug-likeness (QED) is 0.781. The zero-order valence-electron chi connectivity index (χ0n) is 9.21. The average molecular weight is 193 g/mol. The maximum Gasteiger partial charge on any atom is 0.108 e. The molecule has 2 nitrogen and oxygen atoms in total. The number of furan rings is 1. The van der Waals surface area contributed by atoms with E-state index in [9.17, 15) is 0 Å². The van der Waals surface area contributed by atoms with Crippen molar-refractivity contribution in [2.24, 2.45) is 0 Å². The molecule has 3 unspecified atom stereocenters. The van der Waals surface area contributed by atoms with Crippen molar-refractivity contribution in [1.82, 2.24) is 5.32 Å². The second-order valence-electron chi connectivity index (χ2n) is 4.36. The zero-order chi connectivity index (χ0) is 10.1. The third-order valence-corrected chi connectivity index (χ3v) is 3.15. The van der Waals surface area contributed by atoms with Gasteiger partial charge in [0.1, 0.15) is 11.5 Å². The summed E-state index contributed by atoms with van der Waals surface area (Å²) in [6.07, 6.45) is 2.18. The largest absolute Gasteiger partial charge is 0.466 e. The molecule has 2 rings (SSSR count). The first-order valence-corrected chi connectivity index (χ1v) is 5.55. The lowest BCUT2D eigenvalue weighted by Crippen LogP contribution is -2.25. The standard InChI is InChI=1S/C12H19NO/c1-4-10-5-6-12(14-10)11-7-8(2)13-9(11)3/h5-6,8-9,11,13H,4,7H2,1-3H3. The molecule has 2 heteroatoms. The molecule has 0 aliphatic carbocycles. The highest BCUT2D eigenvalue weighted by Crippen LogP contribution is 2.31. The molecule has 1 aromatic rings. The van der Waals surface area contributed by atoms with E-state index < -0.39 is 0 Å². The van der Waals surface area contributed by atoms with Crippen molar-refractivity contribution < 1.29 is 4.42 Å². The lowest BCUT2D eigenvalue weighted by Gasteiger charge is -2.11. The first-order chi connectivity index (χ1) is 6.70. The van der Waals surface area contributed by atoms with E-state index >= 15 is 0 Å². The van der Waals surface area contributed by atoms with E-state index in [1.807, 2.05) is 0 Å². The predicted molar refractivity (Wildman–Crippen MR) is 57.5 cm³/mol. The van der Waals surface area contributed by atoms with Gasteiger partial charge in [0.25, 0.3) is 0 Å². The molecule has 1 fully saturated rings. The summed E-state index contributed by atoms with van der Waals surface area (Å²) in [4.78, 5) is 0. The summed E-state index contributed by atoms with van der Waals surface area (Å²) in [6, 6.07) is 5.40. The number of rotatable bonds is 2. The average Bonchev–Trinajstić information content (AvgIpc) is 2.71. The van der Waals surface area contributed by atoms with Crippen LogP contribution in [0.15, 0.2) is 16.5 Å². The van der Waals surface area contributed by atoms with E-state index in [2.05, 4.69) is 38.2 Å². The lowest BCUT2D eigenvalue weighted by atomic mass is 9.98. The van der Waals surface area contributed by atoms with E-state index in [-0.39, 0.29) is 0 Å². The van der Waals surface area contributed by atoms with E-state index in [1.165, 1.54) is 6.42 Å². The Balaban J connectivity index is 2.14. The van der Waals surface area contributed by atoms with Gasteiger partial charge in [0.15, 0.2) is 0 Å². The van der Waals surface area contributed by atoms with Gasteiger partial charge in [0.2, 0.25) is 0 Å². The van der Waals surface area contributed by atoms with Crippen molar-refractivity contribution >= 4 is 0 Å². The van der Waals surface area contributed by atoms with Crippen LogP contribution in [0.2, 0.25) is 0 Å². The molecule has 1 aliphatic rings. The van der Waals surface area contributed by atoms with Crippen LogP contribution in [0.3, 0.4) is 0 Å². The van der Waals surface area contributed by atoms with Crippen LogP contribution in [0.1, 0.15) is 44.6 Å². The van der Waals surface area contributed by atoms with E-state index in [1.54, 1.807) is 0 Å². The molecule has 1 N–H and O–H groups in total. The summed E-state index contributed by atoms with van der Waals surface area (Å²) in [5.74, 6) is 2.82. The molecule has 14 heavy (non-hydrogen) atoms. The summed E-state index contributed by atoms with van der Waals surface area (Å²) >= 11 is 0. The first kappa shape index (κ1) is 9.78. The predicted octanol–water partition coefficient (Wildman–Crippen LogP) is 2.70. The van der Waals surface area contributed by atoms with Crippen LogP contribution >= 0.6 is 0 Å². The van der Waals surface area contributed by atoms with Gasteiger partial charge in [-0.05, 0) is 32.4 Å². The Labute approximate surface area is 85.7 Å². The van der Waals surface area contributed by atoms with E-state index in [0.29, 0.717) is 18.0 Å². The fourth-order valence-electron chi connectivity index (χ4n) is 2.36. The maximum absolute atomic E-state index is 5.80. The van der Waals surface area contributed by atoms with Gasteiger partial charge in [0.05, 0.1) is 0 Å². The lowest BCUT2D eigenvalue weighted by molar-refractivity contribution is 0.418. The molecule has 0 saturated carbocycles. The minimum absolute atomic E-state index is 0.542. The molecule has 2 heterocycles. The van der Waals surface area contributed by atoms with Crippen LogP contribution in [0, 0.1) is 0 Å². The maximum atomic E-state index is 5.80. The molecular formula is C12H19NO. The normalized spacial score (nSPS) is 32.4. The van der Waals surface area contributed by atoms with Crippen LogP contribution in [0.5, 0.6) is 0 Å². The van der Waals surface area contributed by atoms with Gasteiger partial charge in [-0.1, -0.05) is 6.92 Å². The van der Waals surface area contributed by atoms with Crippen LogP contribution in [0.4, 0.5) is 0 Å². The van der Waals surface area contributed by atoms with Crippen molar-refractivity contribution in [3.05, 3.63) is 23.7 Å². The van der Waals surface area contributed by atoms with Gasteiger partial charge in [-0.2, -0.15) is 0 Å². The Hall–Kier alpha value is -0.760. The van der Waals surface area contributed by atoms with Gasteiger partial charge in [-0.15, -0.1) is 0 Å². The molecule has 0 aromatic carbocycles. The van der Waals surface area contributed by atoms with Crippen molar-refractivity contribution in [3.8, 4) is 0 Å². The molecule has 1 aromatic heterocycles. The highest BCUT2D eigenvalue weighted by molar-refractivity contribution is 5.15. The summed E-state index contributed by atoms with van der Waals surface area (Å²) in [6.45, 7) is 6.60. The Bertz CT molecular complexity index is 305. The van der Waals surface area contributed by atoms with Gasteiger partial charge >= 0.3 is 0 Å². The van der Waals surface area contributed by atoms with E-state index in [0.717, 1.165) is 17.9 Å². The summed E-state index contributed by atoms with van der Waals surface area (Å²) < 4.78 is 5.80. The zero-order valence-corrected chi connectivity index (χ0v) is 9.21. The number of hydrogen-bond acceptors (Lipinski definition) is 2. The number of hydrogen-bond donors (Lipinski definition) is 1. The third kappa shape index (κ3) is 1.71. The van der Waals surface area contributed by atoms with Crippen LogP contribution in [-0.4, -0.2) is 12.1 Å². The molecular weight excluding hydrogens is 174 g/mol. The minimum Gasteiger partial charge on any atom is -0.466 e. The Morgan fingerprint density at radius 1 is 1.43 bits per heavy atom. The fraction of sp³-hybridized carbons (Fsp3) is 0.667. The summed E-state index contributed by atoms with van der Waals surface area (Å²) in [7, 11) is 0. The second kappa shape index (κ2) is 3.77. The summed E-state index contributed by atoms with van der Waals surface area (Å²) in [5.41, 5.74) is 0.